The smallest absolute Gasteiger partial charge is 0.264 e. The Morgan fingerprint density at radius 3 is 2.28 bits per heavy atom. The fourth-order valence-electron chi connectivity index (χ4n) is 3.37. The quantitative estimate of drug-likeness (QED) is 0.498. The summed E-state index contributed by atoms with van der Waals surface area (Å²) in [4.78, 5) is 16.8. The van der Waals surface area contributed by atoms with Crippen molar-refractivity contribution in [3.63, 3.8) is 0 Å². The summed E-state index contributed by atoms with van der Waals surface area (Å²) in [5.74, 6) is 0.876. The second kappa shape index (κ2) is 9.85. The number of methoxy groups -OCH3 is 1. The molecule has 0 aliphatic heterocycles. The summed E-state index contributed by atoms with van der Waals surface area (Å²) in [6.45, 7) is 7.23. The number of amides is 1. The van der Waals surface area contributed by atoms with E-state index in [1.807, 2.05) is 27.7 Å². The standard InChI is InChI=1S/C22H27N3O5S2/c1-14(2)25(15(3)4)32(27,28)18-10-11-19-20(12-18)31-22(23-19)24-21(26)13-30-17-8-6-16(29-5)7-9-17/h6-12,14-15H,13H2,1-5H3,(H,23,24,26). The van der Waals surface area contributed by atoms with Gasteiger partial charge in [-0.2, -0.15) is 4.31 Å². The number of hydrogen-bond donors (Lipinski definition) is 1. The minimum atomic E-state index is -3.65. The Hall–Kier alpha value is -2.69. The third kappa shape index (κ3) is 5.37. The molecule has 0 saturated heterocycles. The van der Waals surface area contributed by atoms with Crippen LogP contribution in [0.1, 0.15) is 27.7 Å². The third-order valence-electron chi connectivity index (χ3n) is 4.63. The van der Waals surface area contributed by atoms with Crippen LogP contribution in [-0.4, -0.2) is 49.4 Å². The van der Waals surface area contributed by atoms with Crippen molar-refractivity contribution in [1.29, 1.82) is 0 Å². The van der Waals surface area contributed by atoms with Crippen LogP contribution < -0.4 is 14.8 Å². The zero-order chi connectivity index (χ0) is 23.5. The molecule has 8 nitrogen and oxygen atoms in total. The first-order chi connectivity index (χ1) is 15.1. The van der Waals surface area contributed by atoms with Gasteiger partial charge in [0.2, 0.25) is 10.0 Å². The maximum absolute atomic E-state index is 13.1. The van der Waals surface area contributed by atoms with E-state index >= 15 is 0 Å². The van der Waals surface area contributed by atoms with E-state index in [2.05, 4.69) is 10.3 Å². The number of nitrogens with zero attached hydrogens (tertiary/aromatic N) is 2. The molecule has 0 aliphatic rings. The monoisotopic (exact) mass is 477 g/mol. The van der Waals surface area contributed by atoms with E-state index in [0.717, 1.165) is 0 Å². The molecule has 0 spiro atoms. The van der Waals surface area contributed by atoms with Gasteiger partial charge in [-0.25, -0.2) is 13.4 Å². The largest absolute Gasteiger partial charge is 0.497 e. The zero-order valence-electron chi connectivity index (χ0n) is 18.7. The van der Waals surface area contributed by atoms with E-state index in [0.29, 0.717) is 26.8 Å². The third-order valence-corrected chi connectivity index (χ3v) is 7.81. The van der Waals surface area contributed by atoms with E-state index in [9.17, 15) is 13.2 Å². The Morgan fingerprint density at radius 2 is 1.69 bits per heavy atom. The van der Waals surface area contributed by atoms with Gasteiger partial charge in [-0.3, -0.25) is 10.1 Å². The van der Waals surface area contributed by atoms with Crippen LogP contribution in [0.2, 0.25) is 0 Å². The number of aromatic nitrogens is 1. The molecular weight excluding hydrogens is 450 g/mol. The van der Waals surface area contributed by atoms with Crippen LogP contribution in [0, 0.1) is 0 Å². The number of carbonyl (C=O) groups excluding carboxylic acids is 1. The number of ether oxygens (including phenoxy) is 2. The summed E-state index contributed by atoms with van der Waals surface area (Å²) in [6, 6.07) is 11.4. The van der Waals surface area contributed by atoms with Gasteiger partial charge in [-0.1, -0.05) is 11.3 Å². The van der Waals surface area contributed by atoms with Crippen molar-refractivity contribution in [3.8, 4) is 11.5 Å². The van der Waals surface area contributed by atoms with Gasteiger partial charge < -0.3 is 9.47 Å². The van der Waals surface area contributed by atoms with Crippen molar-refractivity contribution in [2.45, 2.75) is 44.7 Å². The zero-order valence-corrected chi connectivity index (χ0v) is 20.3. The van der Waals surface area contributed by atoms with Gasteiger partial charge in [0, 0.05) is 12.1 Å². The van der Waals surface area contributed by atoms with Gasteiger partial charge in [0.05, 0.1) is 22.2 Å². The summed E-state index contributed by atoms with van der Waals surface area (Å²) in [5, 5.41) is 3.08. The molecule has 1 amide bonds. The lowest BCUT2D eigenvalue weighted by molar-refractivity contribution is -0.118. The molecule has 0 atom stereocenters. The van der Waals surface area contributed by atoms with Crippen LogP contribution in [0.4, 0.5) is 5.13 Å². The molecule has 1 heterocycles. The maximum atomic E-state index is 13.1. The van der Waals surface area contributed by atoms with Gasteiger partial charge in [0.25, 0.3) is 5.91 Å². The Bertz CT molecular complexity index is 1180. The number of sulfonamides is 1. The summed E-state index contributed by atoms with van der Waals surface area (Å²) >= 11 is 1.21. The van der Waals surface area contributed by atoms with E-state index in [1.54, 1.807) is 49.6 Å². The number of anilines is 1. The SMILES string of the molecule is COc1ccc(OCC(=O)Nc2nc3ccc(S(=O)(=O)N(C(C)C)C(C)C)cc3s2)cc1. The van der Waals surface area contributed by atoms with Crippen LogP contribution in [-0.2, 0) is 14.8 Å². The molecule has 3 aromatic rings. The molecule has 1 N–H and O–H groups in total. The molecule has 0 fully saturated rings. The Kier molecular flexibility index (Phi) is 7.37. The van der Waals surface area contributed by atoms with Crippen LogP contribution in [0.25, 0.3) is 10.2 Å². The number of hydrogen-bond acceptors (Lipinski definition) is 7. The van der Waals surface area contributed by atoms with Crippen LogP contribution in [0.5, 0.6) is 11.5 Å². The molecule has 172 valence electrons. The molecule has 0 bridgehead atoms. The predicted octanol–water partition coefficient (Wildman–Crippen LogP) is 4.13. The minimum Gasteiger partial charge on any atom is -0.497 e. The van der Waals surface area contributed by atoms with E-state index < -0.39 is 10.0 Å². The molecule has 0 saturated carbocycles. The second-order valence-electron chi connectivity index (χ2n) is 7.68. The van der Waals surface area contributed by atoms with Crippen molar-refractivity contribution in [3.05, 3.63) is 42.5 Å². The number of benzene rings is 2. The average Bonchev–Trinajstić information content (AvgIpc) is 3.13. The van der Waals surface area contributed by atoms with E-state index in [-0.39, 0.29) is 29.5 Å². The van der Waals surface area contributed by atoms with Crippen molar-refractivity contribution in [1.82, 2.24) is 9.29 Å². The number of nitrogens with one attached hydrogen (secondary N) is 1. The van der Waals surface area contributed by atoms with E-state index in [4.69, 9.17) is 9.47 Å². The van der Waals surface area contributed by atoms with Crippen LogP contribution >= 0.6 is 11.3 Å². The topological polar surface area (TPSA) is 97.8 Å². The maximum Gasteiger partial charge on any atom is 0.264 e. The van der Waals surface area contributed by atoms with Crippen molar-refractivity contribution in [2.24, 2.45) is 0 Å². The molecule has 2 aromatic carbocycles. The molecule has 0 radical (unpaired) electrons. The first kappa shape index (κ1) is 24.0. The molecule has 0 unspecified atom stereocenters. The lowest BCUT2D eigenvalue weighted by Gasteiger charge is -2.29. The summed E-state index contributed by atoms with van der Waals surface area (Å²) in [6.07, 6.45) is 0. The lowest BCUT2D eigenvalue weighted by atomic mass is 10.3. The highest BCUT2D eigenvalue weighted by Gasteiger charge is 2.29. The Labute approximate surface area is 192 Å². The van der Waals surface area contributed by atoms with Gasteiger partial charge >= 0.3 is 0 Å². The van der Waals surface area contributed by atoms with Crippen molar-refractivity contribution < 1.29 is 22.7 Å². The van der Waals surface area contributed by atoms with Crippen molar-refractivity contribution >= 4 is 42.6 Å². The number of carbonyl (C=O) groups is 1. The van der Waals surface area contributed by atoms with Crippen LogP contribution in [0.15, 0.2) is 47.4 Å². The number of rotatable bonds is 9. The molecule has 10 heteroatoms. The molecule has 1 aromatic heterocycles. The summed E-state index contributed by atoms with van der Waals surface area (Å²) in [7, 11) is -2.08. The first-order valence-electron chi connectivity index (χ1n) is 10.1. The average molecular weight is 478 g/mol. The Morgan fingerprint density at radius 1 is 1.06 bits per heavy atom. The van der Waals surface area contributed by atoms with Gasteiger partial charge in [-0.05, 0) is 70.2 Å². The lowest BCUT2D eigenvalue weighted by Crippen LogP contribution is -2.41. The molecule has 3 rings (SSSR count). The minimum absolute atomic E-state index is 0.169. The Balaban J connectivity index is 1.72. The number of fused-ring (bicyclic) bond motifs is 1. The summed E-state index contributed by atoms with van der Waals surface area (Å²) in [5.41, 5.74) is 0.612. The number of thiazole rings is 1. The highest BCUT2D eigenvalue weighted by atomic mass is 32.2. The van der Waals surface area contributed by atoms with Gasteiger partial charge in [0.1, 0.15) is 11.5 Å². The normalized spacial score (nSPS) is 12.0. The molecule has 0 aliphatic carbocycles. The van der Waals surface area contributed by atoms with E-state index in [1.165, 1.54) is 15.6 Å². The van der Waals surface area contributed by atoms with Gasteiger partial charge in [0.15, 0.2) is 11.7 Å². The predicted molar refractivity (Wildman–Crippen MR) is 126 cm³/mol. The van der Waals surface area contributed by atoms with Gasteiger partial charge in [-0.15, -0.1) is 0 Å². The van der Waals surface area contributed by atoms with Crippen molar-refractivity contribution in [2.75, 3.05) is 19.0 Å². The second-order valence-corrected chi connectivity index (χ2v) is 10.6. The molecular formula is C22H27N3O5S2. The fourth-order valence-corrected chi connectivity index (χ4v) is 6.22. The summed E-state index contributed by atoms with van der Waals surface area (Å²) < 4.78 is 39.0. The fraction of sp³-hybridized carbons (Fsp3) is 0.364. The first-order valence-corrected chi connectivity index (χ1v) is 12.4. The highest BCUT2D eigenvalue weighted by Crippen LogP contribution is 2.30. The highest BCUT2D eigenvalue weighted by molar-refractivity contribution is 7.89. The molecule has 32 heavy (non-hydrogen) atoms. The van der Waals surface area contributed by atoms with Crippen LogP contribution in [0.3, 0.4) is 0 Å².